The average molecular weight is 305 g/mol. The lowest BCUT2D eigenvalue weighted by molar-refractivity contribution is -0.130. The molecule has 0 spiro atoms. The summed E-state index contributed by atoms with van der Waals surface area (Å²) in [5.74, 6) is 0.705. The van der Waals surface area contributed by atoms with E-state index in [1.54, 1.807) is 0 Å². The van der Waals surface area contributed by atoms with E-state index in [9.17, 15) is 4.79 Å². The van der Waals surface area contributed by atoms with Crippen LogP contribution in [0.15, 0.2) is 24.3 Å². The van der Waals surface area contributed by atoms with Gasteiger partial charge in [-0.2, -0.15) is 0 Å². The van der Waals surface area contributed by atoms with E-state index in [4.69, 9.17) is 11.6 Å². The maximum Gasteiger partial charge on any atom is 0.241 e. The summed E-state index contributed by atoms with van der Waals surface area (Å²) in [6.07, 6.45) is 3.40. The van der Waals surface area contributed by atoms with E-state index in [1.165, 1.54) is 6.42 Å². The standard InChI is InChI=1S/C15H17ClN4O/c16-14-11-6-2-3-7-12(11)15(19-18-14)17-10-13(21)20-8-4-1-5-9-20/h2-3,6-7H,1,4-5,8-10H2,(H,17,19). The first-order chi connectivity index (χ1) is 10.3. The van der Waals surface area contributed by atoms with Crippen molar-refractivity contribution < 1.29 is 4.79 Å². The van der Waals surface area contributed by atoms with Gasteiger partial charge in [0.1, 0.15) is 0 Å². The first kappa shape index (κ1) is 14.1. The Bertz CT molecular complexity index is 655. The first-order valence-corrected chi connectivity index (χ1v) is 7.56. The zero-order chi connectivity index (χ0) is 14.7. The molecule has 1 amide bonds. The lowest BCUT2D eigenvalue weighted by Gasteiger charge is -2.26. The van der Waals surface area contributed by atoms with Crippen molar-refractivity contribution in [1.82, 2.24) is 15.1 Å². The average Bonchev–Trinajstić information content (AvgIpc) is 2.55. The molecule has 0 saturated carbocycles. The van der Waals surface area contributed by atoms with E-state index in [1.807, 2.05) is 29.2 Å². The van der Waals surface area contributed by atoms with E-state index in [2.05, 4.69) is 15.5 Å². The number of benzene rings is 1. The number of nitrogens with one attached hydrogen (secondary N) is 1. The Labute approximate surface area is 128 Å². The number of halogens is 1. The number of hydrogen-bond acceptors (Lipinski definition) is 4. The number of aromatic nitrogens is 2. The van der Waals surface area contributed by atoms with Gasteiger partial charge < -0.3 is 10.2 Å². The molecule has 21 heavy (non-hydrogen) atoms. The number of rotatable bonds is 3. The molecule has 1 saturated heterocycles. The van der Waals surface area contributed by atoms with Gasteiger partial charge in [0, 0.05) is 23.9 Å². The third-order valence-corrected chi connectivity index (χ3v) is 4.04. The normalized spacial score (nSPS) is 15.2. The minimum Gasteiger partial charge on any atom is -0.359 e. The molecule has 0 unspecified atom stereocenters. The predicted molar refractivity (Wildman–Crippen MR) is 83.5 cm³/mol. The highest BCUT2D eigenvalue weighted by Gasteiger charge is 2.16. The van der Waals surface area contributed by atoms with Crippen molar-refractivity contribution in [2.24, 2.45) is 0 Å². The van der Waals surface area contributed by atoms with Gasteiger partial charge in [-0.25, -0.2) is 0 Å². The van der Waals surface area contributed by atoms with Crippen molar-refractivity contribution in [1.29, 1.82) is 0 Å². The van der Waals surface area contributed by atoms with Crippen LogP contribution in [0.3, 0.4) is 0 Å². The summed E-state index contributed by atoms with van der Waals surface area (Å²) < 4.78 is 0. The summed E-state index contributed by atoms with van der Waals surface area (Å²) in [5, 5.41) is 13.2. The second-order valence-electron chi connectivity index (χ2n) is 5.18. The van der Waals surface area contributed by atoms with Crippen molar-refractivity contribution >= 4 is 34.1 Å². The number of nitrogens with zero attached hydrogens (tertiary/aromatic N) is 3. The summed E-state index contributed by atoms with van der Waals surface area (Å²) in [7, 11) is 0. The molecule has 1 fully saturated rings. The molecule has 0 radical (unpaired) electrons. The highest BCUT2D eigenvalue weighted by molar-refractivity contribution is 6.34. The third kappa shape index (κ3) is 3.08. The Morgan fingerprint density at radius 2 is 1.86 bits per heavy atom. The third-order valence-electron chi connectivity index (χ3n) is 3.76. The predicted octanol–water partition coefficient (Wildman–Crippen LogP) is 2.71. The van der Waals surface area contributed by atoms with Crippen LogP contribution in [0, 0.1) is 0 Å². The van der Waals surface area contributed by atoms with Crippen molar-refractivity contribution in [3.63, 3.8) is 0 Å². The molecule has 0 atom stereocenters. The van der Waals surface area contributed by atoms with E-state index >= 15 is 0 Å². The zero-order valence-electron chi connectivity index (χ0n) is 11.7. The monoisotopic (exact) mass is 304 g/mol. The van der Waals surface area contributed by atoms with Gasteiger partial charge >= 0.3 is 0 Å². The lowest BCUT2D eigenvalue weighted by Crippen LogP contribution is -2.39. The lowest BCUT2D eigenvalue weighted by atomic mass is 10.1. The molecule has 1 aromatic carbocycles. The van der Waals surface area contributed by atoms with Crippen LogP contribution in [0.2, 0.25) is 5.15 Å². The Kier molecular flexibility index (Phi) is 4.20. The van der Waals surface area contributed by atoms with Gasteiger partial charge in [0.2, 0.25) is 5.91 Å². The second kappa shape index (κ2) is 6.26. The molecular formula is C15H17ClN4O. The van der Waals surface area contributed by atoms with Gasteiger partial charge in [-0.3, -0.25) is 4.79 Å². The number of carbonyl (C=O) groups excluding carboxylic acids is 1. The fourth-order valence-corrected chi connectivity index (χ4v) is 2.82. The number of amides is 1. The van der Waals surface area contributed by atoms with Crippen LogP contribution < -0.4 is 5.32 Å². The largest absolute Gasteiger partial charge is 0.359 e. The molecule has 1 aromatic heterocycles. The highest BCUT2D eigenvalue weighted by Crippen LogP contribution is 2.25. The van der Waals surface area contributed by atoms with Crippen molar-refractivity contribution in [2.45, 2.75) is 19.3 Å². The molecule has 5 nitrogen and oxygen atoms in total. The summed E-state index contributed by atoms with van der Waals surface area (Å²) in [6, 6.07) is 7.63. The Morgan fingerprint density at radius 1 is 1.14 bits per heavy atom. The van der Waals surface area contributed by atoms with Crippen LogP contribution in [0.4, 0.5) is 5.82 Å². The molecule has 3 rings (SSSR count). The van der Waals surface area contributed by atoms with Crippen LogP contribution in [0.5, 0.6) is 0 Å². The van der Waals surface area contributed by atoms with Gasteiger partial charge in [-0.05, 0) is 19.3 Å². The second-order valence-corrected chi connectivity index (χ2v) is 5.54. The summed E-state index contributed by atoms with van der Waals surface area (Å²) in [6.45, 7) is 1.95. The first-order valence-electron chi connectivity index (χ1n) is 7.18. The Morgan fingerprint density at radius 3 is 2.62 bits per heavy atom. The summed E-state index contributed by atoms with van der Waals surface area (Å²) in [4.78, 5) is 14.1. The summed E-state index contributed by atoms with van der Waals surface area (Å²) >= 11 is 6.04. The number of likely N-dealkylation sites (tertiary alicyclic amines) is 1. The molecule has 6 heteroatoms. The quantitative estimate of drug-likeness (QED) is 0.947. The zero-order valence-corrected chi connectivity index (χ0v) is 12.4. The van der Waals surface area contributed by atoms with E-state index in [-0.39, 0.29) is 12.5 Å². The minimum atomic E-state index is 0.107. The SMILES string of the molecule is O=C(CNc1nnc(Cl)c2ccccc12)N1CCCCC1. The van der Waals surface area contributed by atoms with Crippen LogP contribution in [0.25, 0.3) is 10.8 Å². The number of piperidine rings is 1. The maximum absolute atomic E-state index is 12.2. The van der Waals surface area contributed by atoms with Gasteiger partial charge in [0.15, 0.2) is 11.0 Å². The molecule has 2 heterocycles. The number of hydrogen-bond donors (Lipinski definition) is 1. The fraction of sp³-hybridized carbons (Fsp3) is 0.400. The number of carbonyl (C=O) groups is 1. The van der Waals surface area contributed by atoms with E-state index < -0.39 is 0 Å². The van der Waals surface area contributed by atoms with Gasteiger partial charge in [0.25, 0.3) is 0 Å². The highest BCUT2D eigenvalue weighted by atomic mass is 35.5. The van der Waals surface area contributed by atoms with Crippen LogP contribution in [0.1, 0.15) is 19.3 Å². The maximum atomic E-state index is 12.2. The Balaban J connectivity index is 1.73. The number of anilines is 1. The van der Waals surface area contributed by atoms with Crippen molar-refractivity contribution in [2.75, 3.05) is 25.0 Å². The van der Waals surface area contributed by atoms with Gasteiger partial charge in [0.05, 0.1) is 6.54 Å². The fourth-order valence-electron chi connectivity index (χ4n) is 2.62. The smallest absolute Gasteiger partial charge is 0.241 e. The minimum absolute atomic E-state index is 0.107. The molecular weight excluding hydrogens is 288 g/mol. The van der Waals surface area contributed by atoms with Gasteiger partial charge in [-0.1, -0.05) is 35.9 Å². The topological polar surface area (TPSA) is 58.1 Å². The van der Waals surface area contributed by atoms with Crippen LogP contribution in [-0.2, 0) is 4.79 Å². The van der Waals surface area contributed by atoms with Crippen LogP contribution >= 0.6 is 11.6 Å². The molecule has 1 N–H and O–H groups in total. The molecule has 110 valence electrons. The molecule has 0 bridgehead atoms. The van der Waals surface area contributed by atoms with E-state index in [0.717, 1.165) is 36.7 Å². The molecule has 1 aliphatic rings. The molecule has 1 aliphatic heterocycles. The van der Waals surface area contributed by atoms with Gasteiger partial charge in [-0.15, -0.1) is 10.2 Å². The summed E-state index contributed by atoms with van der Waals surface area (Å²) in [5.41, 5.74) is 0. The molecule has 2 aromatic rings. The number of fused-ring (bicyclic) bond motifs is 1. The van der Waals surface area contributed by atoms with Crippen molar-refractivity contribution in [3.05, 3.63) is 29.4 Å². The Hall–Kier alpha value is -1.88. The molecule has 0 aliphatic carbocycles. The van der Waals surface area contributed by atoms with E-state index in [0.29, 0.717) is 11.0 Å². The van der Waals surface area contributed by atoms with Crippen LogP contribution in [-0.4, -0.2) is 40.6 Å². The van der Waals surface area contributed by atoms with Crippen molar-refractivity contribution in [3.8, 4) is 0 Å².